The number of methoxy groups -OCH3 is 3. The molecule has 3 aromatic carbocycles. The number of carbonyl (C=O) groups is 2. The van der Waals surface area contributed by atoms with Gasteiger partial charge in [0.15, 0.2) is 11.5 Å². The molecular weight excluding hydrogens is 468 g/mol. The fourth-order valence-corrected chi connectivity index (χ4v) is 4.13. The summed E-state index contributed by atoms with van der Waals surface area (Å²) in [5, 5.41) is 3.05. The molecule has 0 spiro atoms. The standard InChI is InChI=1S/C30H36N2O5/c1-21(2)30(34)32(20-23-11-14-25(35-3)15-12-23)28(24-9-7-6-8-10-24)29(33)31-18-17-22-13-16-26(36-4)27(19-22)37-5/h6-16,19,21,28H,17-18,20H2,1-5H3,(H,31,33). The molecule has 1 unspecified atom stereocenters. The Labute approximate surface area is 219 Å². The van der Waals surface area contributed by atoms with Crippen LogP contribution in [0.4, 0.5) is 0 Å². The lowest BCUT2D eigenvalue weighted by Crippen LogP contribution is -2.45. The number of rotatable bonds is 12. The van der Waals surface area contributed by atoms with Crippen LogP contribution < -0.4 is 19.5 Å². The van der Waals surface area contributed by atoms with E-state index >= 15 is 0 Å². The second-order valence-electron chi connectivity index (χ2n) is 9.01. The lowest BCUT2D eigenvalue weighted by Gasteiger charge is -2.33. The van der Waals surface area contributed by atoms with E-state index in [1.165, 1.54) is 0 Å². The monoisotopic (exact) mass is 504 g/mol. The topological polar surface area (TPSA) is 77.1 Å². The number of hydrogen-bond donors (Lipinski definition) is 1. The Balaban J connectivity index is 1.84. The molecule has 37 heavy (non-hydrogen) atoms. The Morgan fingerprint density at radius 1 is 0.811 bits per heavy atom. The van der Waals surface area contributed by atoms with Gasteiger partial charge in [0, 0.05) is 19.0 Å². The first-order valence-corrected chi connectivity index (χ1v) is 12.3. The lowest BCUT2D eigenvalue weighted by molar-refractivity contribution is -0.144. The molecule has 3 aromatic rings. The van der Waals surface area contributed by atoms with Crippen molar-refractivity contribution in [2.45, 2.75) is 32.9 Å². The van der Waals surface area contributed by atoms with Crippen molar-refractivity contribution < 1.29 is 23.8 Å². The van der Waals surface area contributed by atoms with E-state index in [1.807, 2.05) is 86.6 Å². The van der Waals surface area contributed by atoms with Crippen LogP contribution in [0, 0.1) is 5.92 Å². The lowest BCUT2D eigenvalue weighted by atomic mass is 10.0. The van der Waals surface area contributed by atoms with Crippen molar-refractivity contribution >= 4 is 11.8 Å². The fourth-order valence-electron chi connectivity index (χ4n) is 4.13. The van der Waals surface area contributed by atoms with Crippen LogP contribution in [-0.2, 0) is 22.6 Å². The Morgan fingerprint density at radius 3 is 2.05 bits per heavy atom. The zero-order chi connectivity index (χ0) is 26.8. The van der Waals surface area contributed by atoms with Crippen LogP contribution >= 0.6 is 0 Å². The van der Waals surface area contributed by atoms with Crippen LogP contribution in [0.2, 0.25) is 0 Å². The summed E-state index contributed by atoms with van der Waals surface area (Å²) in [4.78, 5) is 28.7. The normalized spacial score (nSPS) is 11.5. The summed E-state index contributed by atoms with van der Waals surface area (Å²) in [6.45, 7) is 4.40. The van der Waals surface area contributed by atoms with Crippen LogP contribution in [0.5, 0.6) is 17.2 Å². The van der Waals surface area contributed by atoms with E-state index in [0.29, 0.717) is 31.0 Å². The highest BCUT2D eigenvalue weighted by Crippen LogP contribution is 2.28. The molecule has 1 atom stereocenters. The van der Waals surface area contributed by atoms with Gasteiger partial charge in [0.2, 0.25) is 11.8 Å². The number of carbonyl (C=O) groups excluding carboxylic acids is 2. The van der Waals surface area contributed by atoms with Crippen molar-refractivity contribution in [3.8, 4) is 17.2 Å². The maximum absolute atomic E-state index is 13.6. The minimum atomic E-state index is -0.774. The van der Waals surface area contributed by atoms with Crippen LogP contribution in [-0.4, -0.2) is 44.6 Å². The van der Waals surface area contributed by atoms with Crippen LogP contribution in [0.15, 0.2) is 72.8 Å². The highest BCUT2D eigenvalue weighted by molar-refractivity contribution is 5.89. The van der Waals surface area contributed by atoms with Gasteiger partial charge in [-0.15, -0.1) is 0 Å². The molecule has 0 aliphatic heterocycles. The average molecular weight is 505 g/mol. The fraction of sp³-hybridized carbons (Fsp3) is 0.333. The first-order chi connectivity index (χ1) is 17.9. The van der Waals surface area contributed by atoms with Gasteiger partial charge in [-0.25, -0.2) is 0 Å². The SMILES string of the molecule is COc1ccc(CN(C(=O)C(C)C)C(C(=O)NCCc2ccc(OC)c(OC)c2)c2ccccc2)cc1. The molecule has 0 bridgehead atoms. The molecule has 196 valence electrons. The Kier molecular flexibility index (Phi) is 9.95. The summed E-state index contributed by atoms with van der Waals surface area (Å²) in [6.07, 6.45) is 0.601. The molecule has 0 aliphatic carbocycles. The van der Waals surface area contributed by atoms with Crippen LogP contribution in [0.1, 0.15) is 36.6 Å². The average Bonchev–Trinajstić information content (AvgIpc) is 2.93. The van der Waals surface area contributed by atoms with Gasteiger partial charge >= 0.3 is 0 Å². The molecule has 7 nitrogen and oxygen atoms in total. The van der Waals surface area contributed by atoms with Gasteiger partial charge in [0.25, 0.3) is 0 Å². The number of nitrogens with zero attached hydrogens (tertiary/aromatic N) is 1. The van der Waals surface area contributed by atoms with Gasteiger partial charge in [-0.1, -0.05) is 62.4 Å². The van der Waals surface area contributed by atoms with Crippen molar-refractivity contribution in [1.82, 2.24) is 10.2 Å². The maximum Gasteiger partial charge on any atom is 0.247 e. The number of ether oxygens (including phenoxy) is 3. The molecule has 7 heteroatoms. The van der Waals surface area contributed by atoms with E-state index < -0.39 is 6.04 Å². The largest absolute Gasteiger partial charge is 0.497 e. The molecular formula is C30H36N2O5. The van der Waals surface area contributed by atoms with Crippen LogP contribution in [0.3, 0.4) is 0 Å². The van der Waals surface area contributed by atoms with E-state index in [4.69, 9.17) is 14.2 Å². The first-order valence-electron chi connectivity index (χ1n) is 12.3. The van der Waals surface area contributed by atoms with E-state index in [9.17, 15) is 9.59 Å². The predicted octanol–water partition coefficient (Wildman–Crippen LogP) is 4.80. The van der Waals surface area contributed by atoms with E-state index in [-0.39, 0.29) is 17.7 Å². The third kappa shape index (κ3) is 7.26. The third-order valence-corrected chi connectivity index (χ3v) is 6.13. The smallest absolute Gasteiger partial charge is 0.247 e. The van der Waals surface area contributed by atoms with Crippen molar-refractivity contribution in [1.29, 1.82) is 0 Å². The molecule has 0 aromatic heterocycles. The Hall–Kier alpha value is -4.00. The van der Waals surface area contributed by atoms with Crippen LogP contribution in [0.25, 0.3) is 0 Å². The maximum atomic E-state index is 13.6. The molecule has 0 radical (unpaired) electrons. The number of hydrogen-bond acceptors (Lipinski definition) is 5. The zero-order valence-electron chi connectivity index (χ0n) is 22.2. The second-order valence-corrected chi connectivity index (χ2v) is 9.01. The molecule has 0 saturated heterocycles. The van der Waals surface area contributed by atoms with Gasteiger partial charge in [-0.05, 0) is 47.4 Å². The highest BCUT2D eigenvalue weighted by Gasteiger charge is 2.32. The van der Waals surface area contributed by atoms with Crippen molar-refractivity contribution in [3.05, 3.63) is 89.5 Å². The predicted molar refractivity (Wildman–Crippen MR) is 144 cm³/mol. The molecule has 2 amide bonds. The highest BCUT2D eigenvalue weighted by atomic mass is 16.5. The minimum absolute atomic E-state index is 0.0975. The summed E-state index contributed by atoms with van der Waals surface area (Å²) >= 11 is 0. The minimum Gasteiger partial charge on any atom is -0.497 e. The van der Waals surface area contributed by atoms with Crippen molar-refractivity contribution in [3.63, 3.8) is 0 Å². The molecule has 0 saturated carbocycles. The quantitative estimate of drug-likeness (QED) is 0.384. The van der Waals surface area contributed by atoms with Gasteiger partial charge < -0.3 is 24.4 Å². The molecule has 0 aliphatic rings. The molecule has 3 rings (SSSR count). The van der Waals surface area contributed by atoms with Gasteiger partial charge in [0.1, 0.15) is 11.8 Å². The summed E-state index contributed by atoms with van der Waals surface area (Å²) in [7, 11) is 4.80. The van der Waals surface area contributed by atoms with Gasteiger partial charge in [-0.2, -0.15) is 0 Å². The number of amides is 2. The van der Waals surface area contributed by atoms with E-state index in [1.54, 1.807) is 26.2 Å². The molecule has 0 heterocycles. The third-order valence-electron chi connectivity index (χ3n) is 6.13. The Bertz CT molecular complexity index is 1160. The van der Waals surface area contributed by atoms with Gasteiger partial charge in [0.05, 0.1) is 21.3 Å². The van der Waals surface area contributed by atoms with Gasteiger partial charge in [-0.3, -0.25) is 9.59 Å². The zero-order valence-corrected chi connectivity index (χ0v) is 22.2. The summed E-state index contributed by atoms with van der Waals surface area (Å²) < 4.78 is 16.0. The number of benzene rings is 3. The number of nitrogens with one attached hydrogen (secondary N) is 1. The first kappa shape index (κ1) is 27.6. The second kappa shape index (κ2) is 13.3. The molecule has 0 fully saturated rings. The molecule has 1 N–H and O–H groups in total. The van der Waals surface area contributed by atoms with E-state index in [2.05, 4.69) is 5.32 Å². The summed E-state index contributed by atoms with van der Waals surface area (Å²) in [6, 6.07) is 21.9. The van der Waals surface area contributed by atoms with Crippen molar-refractivity contribution in [2.24, 2.45) is 5.92 Å². The van der Waals surface area contributed by atoms with E-state index in [0.717, 1.165) is 22.4 Å². The Morgan fingerprint density at radius 2 is 1.46 bits per heavy atom. The summed E-state index contributed by atoms with van der Waals surface area (Å²) in [5.74, 6) is 1.43. The summed E-state index contributed by atoms with van der Waals surface area (Å²) in [5.41, 5.74) is 2.67. The van der Waals surface area contributed by atoms with Crippen molar-refractivity contribution in [2.75, 3.05) is 27.9 Å².